The molecule has 0 unspecified atom stereocenters. The fraction of sp³-hybridized carbons (Fsp3) is 0. The molecule has 3 aromatic carbocycles. The number of halogens is 1. The van der Waals surface area contributed by atoms with E-state index in [-0.39, 0.29) is 15.7 Å². The molecular weight excluding hydrogens is 432 g/mol. The van der Waals surface area contributed by atoms with Crippen LogP contribution in [0.3, 0.4) is 0 Å². The first-order chi connectivity index (χ1) is 14.9. The predicted molar refractivity (Wildman–Crippen MR) is 121 cm³/mol. The van der Waals surface area contributed by atoms with E-state index < -0.39 is 9.84 Å². The van der Waals surface area contributed by atoms with Gasteiger partial charge in [0.05, 0.1) is 20.5 Å². The Morgan fingerprint density at radius 2 is 1.42 bits per heavy atom. The summed E-state index contributed by atoms with van der Waals surface area (Å²) >= 11 is 6.17. The number of sulfone groups is 1. The van der Waals surface area contributed by atoms with Gasteiger partial charge in [-0.3, -0.25) is 9.78 Å². The molecule has 1 amide bonds. The highest BCUT2D eigenvalue weighted by molar-refractivity contribution is 7.91. The van der Waals surface area contributed by atoms with Crippen LogP contribution in [0.25, 0.3) is 11.3 Å². The number of hydrogen-bond donors (Lipinski definition) is 1. The topological polar surface area (TPSA) is 76.1 Å². The Labute approximate surface area is 185 Å². The van der Waals surface area contributed by atoms with Crippen LogP contribution in [0.4, 0.5) is 5.69 Å². The number of benzene rings is 3. The molecule has 1 aromatic heterocycles. The second-order valence-corrected chi connectivity index (χ2v) is 9.06. The molecule has 0 saturated heterocycles. The van der Waals surface area contributed by atoms with E-state index in [0.29, 0.717) is 22.0 Å². The van der Waals surface area contributed by atoms with Crippen LogP contribution in [0, 0.1) is 0 Å². The minimum absolute atomic E-state index is 0.160. The maximum Gasteiger partial charge on any atom is 0.255 e. The van der Waals surface area contributed by atoms with Gasteiger partial charge in [-0.2, -0.15) is 0 Å². The minimum Gasteiger partial charge on any atom is -0.322 e. The van der Waals surface area contributed by atoms with Gasteiger partial charge in [-0.1, -0.05) is 41.9 Å². The molecule has 0 aliphatic carbocycles. The summed E-state index contributed by atoms with van der Waals surface area (Å²) in [6.07, 6.45) is 1.66. The first-order valence-corrected chi connectivity index (χ1v) is 11.2. The summed E-state index contributed by atoms with van der Waals surface area (Å²) in [6, 6.07) is 24.7. The molecule has 1 heterocycles. The van der Waals surface area contributed by atoms with E-state index in [2.05, 4.69) is 10.3 Å². The summed E-state index contributed by atoms with van der Waals surface area (Å²) in [6.45, 7) is 0. The lowest BCUT2D eigenvalue weighted by atomic mass is 10.1. The van der Waals surface area contributed by atoms with Crippen molar-refractivity contribution < 1.29 is 13.2 Å². The van der Waals surface area contributed by atoms with Crippen LogP contribution < -0.4 is 5.32 Å². The molecule has 4 aromatic rings. The van der Waals surface area contributed by atoms with Gasteiger partial charge in [0.2, 0.25) is 9.84 Å². The third kappa shape index (κ3) is 4.50. The zero-order valence-electron chi connectivity index (χ0n) is 16.2. The van der Waals surface area contributed by atoms with Gasteiger partial charge in [-0.25, -0.2) is 8.42 Å². The van der Waals surface area contributed by atoms with E-state index in [9.17, 15) is 13.2 Å². The van der Waals surface area contributed by atoms with Gasteiger partial charge in [-0.05, 0) is 60.7 Å². The Kier molecular flexibility index (Phi) is 5.84. The van der Waals surface area contributed by atoms with Crippen molar-refractivity contribution >= 4 is 33.0 Å². The number of nitrogens with one attached hydrogen (secondary N) is 1. The summed E-state index contributed by atoms with van der Waals surface area (Å²) < 4.78 is 25.3. The second kappa shape index (κ2) is 8.71. The van der Waals surface area contributed by atoms with Crippen molar-refractivity contribution in [2.75, 3.05) is 5.32 Å². The van der Waals surface area contributed by atoms with Crippen molar-refractivity contribution in [1.29, 1.82) is 0 Å². The average molecular weight is 449 g/mol. The number of carbonyl (C=O) groups excluding carboxylic acids is 1. The number of pyridine rings is 1. The molecule has 0 spiro atoms. The van der Waals surface area contributed by atoms with Gasteiger partial charge in [0, 0.05) is 23.0 Å². The van der Waals surface area contributed by atoms with E-state index in [0.717, 1.165) is 5.56 Å². The van der Waals surface area contributed by atoms with Gasteiger partial charge in [0.25, 0.3) is 5.91 Å². The minimum atomic E-state index is -3.60. The second-order valence-electron chi connectivity index (χ2n) is 6.71. The lowest BCUT2D eigenvalue weighted by Crippen LogP contribution is -2.12. The van der Waals surface area contributed by atoms with Gasteiger partial charge < -0.3 is 5.32 Å². The molecule has 0 saturated carbocycles. The van der Waals surface area contributed by atoms with Gasteiger partial charge in [0.15, 0.2) is 0 Å². The number of nitrogens with zero attached hydrogens (tertiary/aromatic N) is 1. The number of aromatic nitrogens is 1. The highest BCUT2D eigenvalue weighted by Gasteiger charge is 2.17. The van der Waals surface area contributed by atoms with Gasteiger partial charge >= 0.3 is 0 Å². The van der Waals surface area contributed by atoms with E-state index in [1.807, 2.05) is 0 Å². The van der Waals surface area contributed by atoms with Crippen LogP contribution in [0.2, 0.25) is 5.02 Å². The lowest BCUT2D eigenvalue weighted by molar-refractivity contribution is 0.102. The van der Waals surface area contributed by atoms with Crippen molar-refractivity contribution in [1.82, 2.24) is 4.98 Å². The predicted octanol–water partition coefficient (Wildman–Crippen LogP) is 5.49. The van der Waals surface area contributed by atoms with Crippen LogP contribution in [-0.4, -0.2) is 19.3 Å². The molecule has 0 bridgehead atoms. The van der Waals surface area contributed by atoms with Gasteiger partial charge in [0.1, 0.15) is 0 Å². The SMILES string of the molecule is O=C(Nc1ccc(S(=O)(=O)c2ccccc2)cc1)c1ccc(-c2ncccc2Cl)cc1. The van der Waals surface area contributed by atoms with Crippen molar-refractivity contribution in [3.8, 4) is 11.3 Å². The Bertz CT molecular complexity index is 1320. The monoisotopic (exact) mass is 448 g/mol. The van der Waals surface area contributed by atoms with Crippen molar-refractivity contribution in [2.24, 2.45) is 0 Å². The standard InChI is InChI=1S/C24H17ClN2O3S/c25-22-7-4-16-26-23(22)17-8-10-18(11-9-17)24(28)27-19-12-14-21(15-13-19)31(29,30)20-5-2-1-3-6-20/h1-16H,(H,27,28). The lowest BCUT2D eigenvalue weighted by Gasteiger charge is -2.09. The molecular formula is C24H17ClN2O3S. The van der Waals surface area contributed by atoms with Crippen molar-refractivity contribution in [2.45, 2.75) is 9.79 Å². The molecule has 4 rings (SSSR count). The van der Waals surface area contributed by atoms with Crippen LogP contribution in [-0.2, 0) is 9.84 Å². The summed E-state index contributed by atoms with van der Waals surface area (Å²) in [4.78, 5) is 17.2. The maximum atomic E-state index is 12.7. The maximum absolute atomic E-state index is 12.7. The average Bonchev–Trinajstić information content (AvgIpc) is 2.80. The molecule has 5 nitrogen and oxygen atoms in total. The Balaban J connectivity index is 1.48. The molecule has 7 heteroatoms. The summed E-state index contributed by atoms with van der Waals surface area (Å²) in [7, 11) is -3.60. The molecule has 154 valence electrons. The van der Waals surface area contributed by atoms with Crippen LogP contribution in [0.15, 0.2) is 107 Å². The molecule has 0 aliphatic rings. The van der Waals surface area contributed by atoms with E-state index in [4.69, 9.17) is 11.6 Å². The third-order valence-electron chi connectivity index (χ3n) is 4.65. The van der Waals surface area contributed by atoms with Crippen LogP contribution >= 0.6 is 11.6 Å². The highest BCUT2D eigenvalue weighted by atomic mass is 35.5. The zero-order valence-corrected chi connectivity index (χ0v) is 17.8. The fourth-order valence-corrected chi connectivity index (χ4v) is 4.55. The molecule has 31 heavy (non-hydrogen) atoms. The highest BCUT2D eigenvalue weighted by Crippen LogP contribution is 2.26. The van der Waals surface area contributed by atoms with Crippen LogP contribution in [0.5, 0.6) is 0 Å². The van der Waals surface area contributed by atoms with Crippen molar-refractivity contribution in [3.05, 3.63) is 108 Å². The zero-order chi connectivity index (χ0) is 21.8. The number of hydrogen-bond acceptors (Lipinski definition) is 4. The molecule has 0 fully saturated rings. The van der Waals surface area contributed by atoms with E-state index in [1.165, 1.54) is 12.1 Å². The number of rotatable bonds is 5. The summed E-state index contributed by atoms with van der Waals surface area (Å²) in [5.41, 5.74) is 2.40. The Hall–Kier alpha value is -3.48. The van der Waals surface area contributed by atoms with E-state index in [1.54, 1.807) is 85.1 Å². The quantitative estimate of drug-likeness (QED) is 0.438. The normalized spacial score (nSPS) is 11.1. The Morgan fingerprint density at radius 3 is 2.06 bits per heavy atom. The van der Waals surface area contributed by atoms with E-state index >= 15 is 0 Å². The van der Waals surface area contributed by atoms with Gasteiger partial charge in [-0.15, -0.1) is 0 Å². The number of anilines is 1. The Morgan fingerprint density at radius 1 is 0.774 bits per heavy atom. The third-order valence-corrected chi connectivity index (χ3v) is 6.75. The number of carbonyl (C=O) groups is 1. The summed E-state index contributed by atoms with van der Waals surface area (Å²) in [5, 5.41) is 3.30. The molecule has 0 aliphatic heterocycles. The number of amides is 1. The fourth-order valence-electron chi connectivity index (χ4n) is 3.03. The van der Waals surface area contributed by atoms with Crippen molar-refractivity contribution in [3.63, 3.8) is 0 Å². The molecule has 0 radical (unpaired) electrons. The first kappa shape index (κ1) is 20.8. The molecule has 1 N–H and O–H groups in total. The first-order valence-electron chi connectivity index (χ1n) is 9.38. The largest absolute Gasteiger partial charge is 0.322 e. The van der Waals surface area contributed by atoms with Crippen LogP contribution in [0.1, 0.15) is 10.4 Å². The summed E-state index contributed by atoms with van der Waals surface area (Å²) in [5.74, 6) is -0.308. The molecule has 0 atom stereocenters. The smallest absolute Gasteiger partial charge is 0.255 e.